The Kier molecular flexibility index (Phi) is 4.84. The molecule has 5 atom stereocenters. The number of fused-ring (bicyclic) bond motifs is 2. The Balaban J connectivity index is 2.13. The molecule has 1 N–H and O–H groups in total. The molecule has 0 heterocycles. The van der Waals surface area contributed by atoms with Crippen molar-refractivity contribution in [3.05, 3.63) is 48.3 Å². The van der Waals surface area contributed by atoms with Crippen molar-refractivity contribution >= 4 is 5.78 Å². The average Bonchev–Trinajstić information content (AvgIpc) is 2.80. The standard InChI is InChI=1S/C21H26O5/c1-6-9-21-11-16(26-5)19(22)18(20(21)23)17(12(21)2)13-7-8-14(24-3)15(10-13)25-4/h6-8,10-12,17-18,20,23H,1,9H2,2-5H3/t12-,17+,18-,20?,21-/m0/s1. The van der Waals surface area contributed by atoms with Crippen LogP contribution >= 0.6 is 0 Å². The summed E-state index contributed by atoms with van der Waals surface area (Å²) < 4.78 is 16.1. The van der Waals surface area contributed by atoms with Gasteiger partial charge in [0.15, 0.2) is 17.3 Å². The van der Waals surface area contributed by atoms with E-state index in [9.17, 15) is 9.90 Å². The van der Waals surface area contributed by atoms with Gasteiger partial charge in [-0.05, 0) is 36.1 Å². The molecule has 5 heteroatoms. The Labute approximate surface area is 154 Å². The van der Waals surface area contributed by atoms with Gasteiger partial charge >= 0.3 is 0 Å². The molecule has 0 spiro atoms. The van der Waals surface area contributed by atoms with Gasteiger partial charge in [-0.15, -0.1) is 6.58 Å². The van der Waals surface area contributed by atoms with Crippen LogP contribution in [0.5, 0.6) is 11.5 Å². The predicted octanol–water partition coefficient (Wildman–Crippen LogP) is 3.09. The van der Waals surface area contributed by atoms with E-state index in [0.717, 1.165) is 5.56 Å². The van der Waals surface area contributed by atoms with Crippen LogP contribution in [-0.2, 0) is 9.53 Å². The Morgan fingerprint density at radius 3 is 2.42 bits per heavy atom. The summed E-state index contributed by atoms with van der Waals surface area (Å²) in [6.45, 7) is 5.93. The number of allylic oxidation sites excluding steroid dienone is 2. The van der Waals surface area contributed by atoms with Crippen LogP contribution in [0.15, 0.2) is 42.7 Å². The number of methoxy groups -OCH3 is 3. The van der Waals surface area contributed by atoms with Crippen LogP contribution in [0.3, 0.4) is 0 Å². The molecule has 0 aromatic heterocycles. The van der Waals surface area contributed by atoms with Gasteiger partial charge in [-0.25, -0.2) is 0 Å². The van der Waals surface area contributed by atoms with Crippen LogP contribution in [0.25, 0.3) is 0 Å². The number of benzene rings is 1. The van der Waals surface area contributed by atoms with Crippen molar-refractivity contribution < 1.29 is 24.1 Å². The van der Waals surface area contributed by atoms with Gasteiger partial charge < -0.3 is 19.3 Å². The molecule has 3 rings (SSSR count). The lowest BCUT2D eigenvalue weighted by Crippen LogP contribution is -2.42. The summed E-state index contributed by atoms with van der Waals surface area (Å²) in [7, 11) is 4.67. The topological polar surface area (TPSA) is 65.0 Å². The molecule has 0 aliphatic heterocycles. The Bertz CT molecular complexity index is 753. The van der Waals surface area contributed by atoms with Crippen molar-refractivity contribution in [2.45, 2.75) is 25.4 Å². The van der Waals surface area contributed by atoms with Crippen LogP contribution < -0.4 is 9.47 Å². The lowest BCUT2D eigenvalue weighted by molar-refractivity contribution is -0.128. The molecule has 2 bridgehead atoms. The van der Waals surface area contributed by atoms with Crippen LogP contribution in [0.1, 0.15) is 24.8 Å². The largest absolute Gasteiger partial charge is 0.493 e. The number of Topliss-reactive ketones (excluding diaryl/α,β-unsaturated/α-hetero) is 1. The number of rotatable bonds is 6. The zero-order valence-corrected chi connectivity index (χ0v) is 15.7. The maximum absolute atomic E-state index is 12.9. The average molecular weight is 358 g/mol. The van der Waals surface area contributed by atoms with Crippen molar-refractivity contribution in [2.75, 3.05) is 21.3 Å². The van der Waals surface area contributed by atoms with E-state index in [1.54, 1.807) is 20.3 Å². The molecule has 26 heavy (non-hydrogen) atoms. The third kappa shape index (κ3) is 2.45. The molecule has 1 unspecified atom stereocenters. The highest BCUT2D eigenvalue weighted by molar-refractivity contribution is 5.98. The summed E-state index contributed by atoms with van der Waals surface area (Å²) >= 11 is 0. The molecule has 5 nitrogen and oxygen atoms in total. The van der Waals surface area contributed by atoms with Crippen LogP contribution in [0.4, 0.5) is 0 Å². The minimum Gasteiger partial charge on any atom is -0.493 e. The predicted molar refractivity (Wildman–Crippen MR) is 98.3 cm³/mol. The van der Waals surface area contributed by atoms with E-state index in [2.05, 4.69) is 13.5 Å². The Morgan fingerprint density at radius 1 is 1.15 bits per heavy atom. The molecular weight excluding hydrogens is 332 g/mol. The summed E-state index contributed by atoms with van der Waals surface area (Å²) in [6.07, 6.45) is 3.41. The monoisotopic (exact) mass is 358 g/mol. The van der Waals surface area contributed by atoms with Gasteiger partial charge in [-0.1, -0.05) is 19.1 Å². The van der Waals surface area contributed by atoms with Gasteiger partial charge in [-0.3, -0.25) is 4.79 Å². The molecule has 0 amide bonds. The second-order valence-electron chi connectivity index (χ2n) is 7.08. The summed E-state index contributed by atoms with van der Waals surface area (Å²) in [4.78, 5) is 12.9. The van der Waals surface area contributed by atoms with Crippen molar-refractivity contribution in [1.82, 2.24) is 0 Å². The van der Waals surface area contributed by atoms with E-state index >= 15 is 0 Å². The van der Waals surface area contributed by atoms with Crippen LogP contribution in [0, 0.1) is 17.3 Å². The van der Waals surface area contributed by atoms with E-state index < -0.39 is 17.4 Å². The number of ketones is 1. The number of aliphatic hydroxyl groups is 1. The minimum atomic E-state index is -0.778. The van der Waals surface area contributed by atoms with Gasteiger partial charge in [0.1, 0.15) is 0 Å². The van der Waals surface area contributed by atoms with E-state index in [0.29, 0.717) is 23.7 Å². The van der Waals surface area contributed by atoms with Gasteiger partial charge in [0, 0.05) is 11.3 Å². The van der Waals surface area contributed by atoms with Gasteiger partial charge in [0.25, 0.3) is 0 Å². The minimum absolute atomic E-state index is 0.0233. The fourth-order valence-electron chi connectivity index (χ4n) is 4.78. The molecule has 2 aliphatic carbocycles. The lowest BCUT2D eigenvalue weighted by Gasteiger charge is -2.36. The molecular formula is C21H26O5. The number of carbonyl (C=O) groups excluding carboxylic acids is 1. The van der Waals surface area contributed by atoms with Crippen LogP contribution in [-0.4, -0.2) is 38.3 Å². The summed E-state index contributed by atoms with van der Waals surface area (Å²) in [6, 6.07) is 5.68. The summed E-state index contributed by atoms with van der Waals surface area (Å²) in [5.41, 5.74) is 0.382. The highest BCUT2D eigenvalue weighted by Crippen LogP contribution is 2.61. The lowest BCUT2D eigenvalue weighted by atomic mass is 9.70. The first-order valence-corrected chi connectivity index (χ1v) is 8.77. The fraction of sp³-hybridized carbons (Fsp3) is 0.476. The fourth-order valence-corrected chi connectivity index (χ4v) is 4.78. The first-order chi connectivity index (χ1) is 12.4. The van der Waals surface area contributed by atoms with E-state index in [4.69, 9.17) is 14.2 Å². The van der Waals surface area contributed by atoms with E-state index in [-0.39, 0.29) is 17.6 Å². The number of hydrogen-bond donors (Lipinski definition) is 1. The Hall–Kier alpha value is -2.27. The third-order valence-corrected chi connectivity index (χ3v) is 6.12. The smallest absolute Gasteiger partial charge is 0.203 e. The maximum atomic E-state index is 12.9. The van der Waals surface area contributed by atoms with Crippen molar-refractivity contribution in [1.29, 1.82) is 0 Å². The molecule has 1 aromatic carbocycles. The van der Waals surface area contributed by atoms with Gasteiger partial charge in [-0.2, -0.15) is 0 Å². The third-order valence-electron chi connectivity index (χ3n) is 6.12. The molecule has 0 radical (unpaired) electrons. The molecule has 2 aliphatic rings. The van der Waals surface area contributed by atoms with Crippen LogP contribution in [0.2, 0.25) is 0 Å². The first-order valence-electron chi connectivity index (χ1n) is 8.77. The highest BCUT2D eigenvalue weighted by atomic mass is 16.5. The maximum Gasteiger partial charge on any atom is 0.203 e. The quantitative estimate of drug-likeness (QED) is 0.792. The SMILES string of the molecule is C=CC[C@@]12C=C(OC)C(=O)[C@@H](C1O)[C@@H](c1ccc(OC)c(OC)c1)[C@@H]2C. The summed E-state index contributed by atoms with van der Waals surface area (Å²) in [5, 5.41) is 11.1. The number of carbonyl (C=O) groups is 1. The van der Waals surface area contributed by atoms with Gasteiger partial charge in [0.2, 0.25) is 5.78 Å². The summed E-state index contributed by atoms with van der Waals surface area (Å²) in [5.74, 6) is 0.742. The Morgan fingerprint density at radius 2 is 1.85 bits per heavy atom. The highest BCUT2D eigenvalue weighted by Gasteiger charge is 2.62. The normalized spacial score (nSPS) is 32.8. The van der Waals surface area contributed by atoms with Crippen molar-refractivity contribution in [2.24, 2.45) is 17.3 Å². The van der Waals surface area contributed by atoms with Gasteiger partial charge in [0.05, 0.1) is 33.4 Å². The number of ether oxygens (including phenoxy) is 3. The second-order valence-corrected chi connectivity index (χ2v) is 7.08. The van der Waals surface area contributed by atoms with Crippen molar-refractivity contribution in [3.8, 4) is 11.5 Å². The number of hydrogen-bond acceptors (Lipinski definition) is 5. The zero-order valence-electron chi connectivity index (χ0n) is 15.7. The zero-order chi connectivity index (χ0) is 19.1. The van der Waals surface area contributed by atoms with E-state index in [1.807, 2.05) is 24.3 Å². The molecule has 1 fully saturated rings. The second kappa shape index (κ2) is 6.80. The molecule has 0 saturated heterocycles. The molecule has 140 valence electrons. The number of aliphatic hydroxyl groups excluding tert-OH is 1. The molecule has 1 aromatic rings. The first kappa shape index (κ1) is 18.5. The van der Waals surface area contributed by atoms with Crippen molar-refractivity contribution in [3.63, 3.8) is 0 Å². The van der Waals surface area contributed by atoms with E-state index in [1.165, 1.54) is 7.11 Å². The molecule has 1 saturated carbocycles.